The summed E-state index contributed by atoms with van der Waals surface area (Å²) in [7, 11) is 1.73. The lowest BCUT2D eigenvalue weighted by Gasteiger charge is -2.17. The smallest absolute Gasteiger partial charge is 0.123 e. The summed E-state index contributed by atoms with van der Waals surface area (Å²) in [6, 6.07) is 8.56. The molecule has 0 heterocycles. The van der Waals surface area contributed by atoms with E-state index in [1.54, 1.807) is 12.7 Å². The third-order valence-electron chi connectivity index (χ3n) is 3.64. The van der Waals surface area contributed by atoms with Crippen molar-refractivity contribution in [1.29, 1.82) is 0 Å². The van der Waals surface area contributed by atoms with E-state index in [4.69, 9.17) is 4.74 Å². The first kappa shape index (κ1) is 13.2. The average Bonchev–Trinajstić information content (AvgIpc) is 2.91. The molecule has 0 radical (unpaired) electrons. The molecule has 0 amide bonds. The molecule has 1 unspecified atom stereocenters. The zero-order valence-corrected chi connectivity index (χ0v) is 11.4. The number of ether oxygens (including phenoxy) is 1. The Morgan fingerprint density at radius 2 is 2.17 bits per heavy atom. The maximum absolute atomic E-state index is 5.39. The molecule has 18 heavy (non-hydrogen) atoms. The van der Waals surface area contributed by atoms with E-state index < -0.39 is 0 Å². The zero-order chi connectivity index (χ0) is 12.8. The number of nitrogens with one attached hydrogen (secondary N) is 1. The van der Waals surface area contributed by atoms with Gasteiger partial charge in [0.1, 0.15) is 5.75 Å². The van der Waals surface area contributed by atoms with Crippen LogP contribution in [0.5, 0.6) is 5.75 Å². The van der Waals surface area contributed by atoms with E-state index in [1.807, 2.05) is 12.1 Å². The first-order valence-electron chi connectivity index (χ1n) is 6.85. The lowest BCUT2D eigenvalue weighted by molar-refractivity contribution is 0.402. The molecule has 0 saturated heterocycles. The van der Waals surface area contributed by atoms with Gasteiger partial charge in [0.25, 0.3) is 0 Å². The zero-order valence-electron chi connectivity index (χ0n) is 11.4. The van der Waals surface area contributed by atoms with E-state index >= 15 is 0 Å². The minimum absolute atomic E-state index is 0.336. The summed E-state index contributed by atoms with van der Waals surface area (Å²) in [6.07, 6.45) is 7.49. The lowest BCUT2D eigenvalue weighted by atomic mass is 10.1. The van der Waals surface area contributed by atoms with Crippen LogP contribution >= 0.6 is 0 Å². The number of allylic oxidation sites excluding steroid dienone is 1. The molecule has 0 aliphatic heterocycles. The molecular formula is C16H23NO. The van der Waals surface area contributed by atoms with E-state index in [-0.39, 0.29) is 0 Å². The molecule has 0 fully saturated rings. The van der Waals surface area contributed by atoms with Gasteiger partial charge in [-0.15, -0.1) is 0 Å². The molecule has 1 N–H and O–H groups in total. The van der Waals surface area contributed by atoms with Crippen LogP contribution < -0.4 is 10.1 Å². The molecule has 1 aromatic rings. The minimum atomic E-state index is 0.336. The van der Waals surface area contributed by atoms with E-state index in [0.717, 1.165) is 12.3 Å². The first-order chi connectivity index (χ1) is 8.81. The van der Waals surface area contributed by atoms with Crippen molar-refractivity contribution in [2.75, 3.05) is 13.7 Å². The van der Waals surface area contributed by atoms with Gasteiger partial charge in [0.05, 0.1) is 7.11 Å². The van der Waals surface area contributed by atoms with Crippen molar-refractivity contribution in [1.82, 2.24) is 5.32 Å². The Hall–Kier alpha value is -1.28. The maximum atomic E-state index is 5.39. The van der Waals surface area contributed by atoms with E-state index in [2.05, 4.69) is 30.4 Å². The Morgan fingerprint density at radius 3 is 2.89 bits per heavy atom. The summed E-state index contributed by atoms with van der Waals surface area (Å²) >= 11 is 0. The van der Waals surface area contributed by atoms with Gasteiger partial charge in [-0.2, -0.15) is 0 Å². The Balaban J connectivity index is 1.85. The second-order valence-corrected chi connectivity index (χ2v) is 4.92. The van der Waals surface area contributed by atoms with Gasteiger partial charge in [-0.05, 0) is 45.2 Å². The second kappa shape index (κ2) is 6.60. The van der Waals surface area contributed by atoms with Crippen LogP contribution in [0.1, 0.15) is 44.2 Å². The molecule has 2 heteroatoms. The largest absolute Gasteiger partial charge is 0.496 e. The third-order valence-corrected chi connectivity index (χ3v) is 3.64. The third kappa shape index (κ3) is 3.36. The number of methoxy groups -OCH3 is 1. The number of hydrogen-bond donors (Lipinski definition) is 1. The van der Waals surface area contributed by atoms with Gasteiger partial charge in [-0.25, -0.2) is 0 Å². The molecule has 1 aliphatic rings. The monoisotopic (exact) mass is 245 g/mol. The molecule has 1 aromatic carbocycles. The van der Waals surface area contributed by atoms with Gasteiger partial charge in [-0.1, -0.05) is 29.8 Å². The van der Waals surface area contributed by atoms with Gasteiger partial charge in [-0.3, -0.25) is 0 Å². The van der Waals surface area contributed by atoms with E-state index in [0.29, 0.717) is 6.04 Å². The minimum Gasteiger partial charge on any atom is -0.496 e. The predicted octanol–water partition coefficient (Wildman–Crippen LogP) is 3.85. The number of benzene rings is 1. The molecular weight excluding hydrogens is 222 g/mol. The van der Waals surface area contributed by atoms with Crippen molar-refractivity contribution in [3.63, 3.8) is 0 Å². The first-order valence-corrected chi connectivity index (χ1v) is 6.85. The van der Waals surface area contributed by atoms with Crippen LogP contribution in [0.4, 0.5) is 0 Å². The van der Waals surface area contributed by atoms with Crippen LogP contribution in [0.15, 0.2) is 35.9 Å². The normalized spacial score (nSPS) is 16.4. The Labute approximate surface area is 110 Å². The molecule has 0 saturated carbocycles. The molecule has 1 atom stereocenters. The maximum Gasteiger partial charge on any atom is 0.123 e. The van der Waals surface area contributed by atoms with Crippen LogP contribution in [0, 0.1) is 0 Å². The van der Waals surface area contributed by atoms with Crippen molar-refractivity contribution >= 4 is 0 Å². The fourth-order valence-corrected chi connectivity index (χ4v) is 2.55. The standard InChI is InChI=1S/C16H23NO/c1-13(15-9-5-6-10-16(15)18-2)17-12-11-14-7-3-4-8-14/h5-7,9-10,13,17H,3-4,8,11-12H2,1-2H3. The molecule has 2 nitrogen and oxygen atoms in total. The van der Waals surface area contributed by atoms with Crippen LogP contribution in [0.3, 0.4) is 0 Å². The molecule has 0 spiro atoms. The molecule has 0 aromatic heterocycles. The predicted molar refractivity (Wildman–Crippen MR) is 76.0 cm³/mol. The van der Waals surface area contributed by atoms with Crippen molar-refractivity contribution < 1.29 is 4.74 Å². The van der Waals surface area contributed by atoms with Gasteiger partial charge in [0, 0.05) is 11.6 Å². The van der Waals surface area contributed by atoms with E-state index in [9.17, 15) is 0 Å². The lowest BCUT2D eigenvalue weighted by Crippen LogP contribution is -2.20. The summed E-state index contributed by atoms with van der Waals surface area (Å²) < 4.78 is 5.39. The summed E-state index contributed by atoms with van der Waals surface area (Å²) in [5, 5.41) is 3.58. The van der Waals surface area contributed by atoms with Crippen molar-refractivity contribution in [2.24, 2.45) is 0 Å². The van der Waals surface area contributed by atoms with Crippen LogP contribution in [0.25, 0.3) is 0 Å². The van der Waals surface area contributed by atoms with Gasteiger partial charge in [0.15, 0.2) is 0 Å². The van der Waals surface area contributed by atoms with Crippen molar-refractivity contribution in [2.45, 2.75) is 38.6 Å². The fraction of sp³-hybridized carbons (Fsp3) is 0.500. The van der Waals surface area contributed by atoms with Gasteiger partial charge >= 0.3 is 0 Å². The van der Waals surface area contributed by atoms with Crippen LogP contribution in [-0.2, 0) is 0 Å². The van der Waals surface area contributed by atoms with Crippen molar-refractivity contribution in [3.05, 3.63) is 41.5 Å². The summed E-state index contributed by atoms with van der Waals surface area (Å²) in [5.41, 5.74) is 2.86. The van der Waals surface area contributed by atoms with Crippen molar-refractivity contribution in [3.8, 4) is 5.75 Å². The SMILES string of the molecule is COc1ccccc1C(C)NCCC1=CCCC1. The Morgan fingerprint density at radius 1 is 1.33 bits per heavy atom. The average molecular weight is 245 g/mol. The molecule has 0 bridgehead atoms. The topological polar surface area (TPSA) is 21.3 Å². The fourth-order valence-electron chi connectivity index (χ4n) is 2.55. The van der Waals surface area contributed by atoms with E-state index in [1.165, 1.54) is 31.2 Å². The van der Waals surface area contributed by atoms with Gasteiger partial charge in [0.2, 0.25) is 0 Å². The Kier molecular flexibility index (Phi) is 4.82. The second-order valence-electron chi connectivity index (χ2n) is 4.92. The highest BCUT2D eigenvalue weighted by molar-refractivity contribution is 5.35. The van der Waals surface area contributed by atoms with Gasteiger partial charge < -0.3 is 10.1 Å². The van der Waals surface area contributed by atoms with Crippen LogP contribution in [0.2, 0.25) is 0 Å². The molecule has 1 aliphatic carbocycles. The summed E-state index contributed by atoms with van der Waals surface area (Å²) in [5.74, 6) is 0.970. The van der Waals surface area contributed by atoms with Crippen LogP contribution in [-0.4, -0.2) is 13.7 Å². The molecule has 2 rings (SSSR count). The summed E-state index contributed by atoms with van der Waals surface area (Å²) in [6.45, 7) is 3.24. The highest BCUT2D eigenvalue weighted by Gasteiger charge is 2.10. The summed E-state index contributed by atoms with van der Waals surface area (Å²) in [4.78, 5) is 0. The number of hydrogen-bond acceptors (Lipinski definition) is 2. The Bertz CT molecular complexity index is 411. The number of rotatable bonds is 6. The highest BCUT2D eigenvalue weighted by Crippen LogP contribution is 2.25. The highest BCUT2D eigenvalue weighted by atomic mass is 16.5. The quantitative estimate of drug-likeness (QED) is 0.769. The number of para-hydroxylation sites is 1. The molecule has 98 valence electrons.